The Kier molecular flexibility index (Phi) is 6.52. The van der Waals surface area contributed by atoms with Crippen molar-refractivity contribution in [2.45, 2.75) is 10.9 Å². The first-order chi connectivity index (χ1) is 12.2. The molecule has 0 bridgehead atoms. The first-order valence-electron chi connectivity index (χ1n) is 8.39. The van der Waals surface area contributed by atoms with Crippen molar-refractivity contribution in [3.63, 3.8) is 0 Å². The van der Waals surface area contributed by atoms with Crippen molar-refractivity contribution in [2.24, 2.45) is 0 Å². The van der Waals surface area contributed by atoms with Gasteiger partial charge in [-0.3, -0.25) is 4.79 Å². The molecule has 0 heterocycles. The number of amides is 1. The Bertz CT molecular complexity index is 849. The smallest absolute Gasteiger partial charge is 0.251 e. The molecule has 0 saturated heterocycles. The van der Waals surface area contributed by atoms with E-state index in [0.29, 0.717) is 12.1 Å². The number of carbonyl (C=O) groups is 1. The molecule has 2 aromatic rings. The Morgan fingerprint density at radius 3 is 2.31 bits per heavy atom. The number of carbonyl (C=O) groups excluding carboxylic acids is 1. The molecule has 2 N–H and O–H groups in total. The summed E-state index contributed by atoms with van der Waals surface area (Å²) in [6.45, 7) is 0.454. The van der Waals surface area contributed by atoms with Crippen LogP contribution in [0.4, 0.5) is 0 Å². The second kappa shape index (κ2) is 8.44. The number of sulfonamides is 1. The van der Waals surface area contributed by atoms with Gasteiger partial charge in [0, 0.05) is 25.2 Å². The number of hydrogen-bond acceptors (Lipinski definition) is 3. The molecule has 26 heavy (non-hydrogen) atoms. The van der Waals surface area contributed by atoms with Gasteiger partial charge in [-0.15, -0.1) is 0 Å². The molecule has 0 saturated carbocycles. The van der Waals surface area contributed by atoms with Gasteiger partial charge in [-0.25, -0.2) is 12.7 Å². The number of benzene rings is 2. The van der Waals surface area contributed by atoms with Crippen LogP contribution in [0.5, 0.6) is 0 Å². The highest BCUT2D eigenvalue weighted by Crippen LogP contribution is 2.15. The number of quaternary nitrogens is 1. The van der Waals surface area contributed by atoms with Crippen LogP contribution in [0.3, 0.4) is 0 Å². The minimum Gasteiger partial charge on any atom is -0.346 e. The molecule has 0 aliphatic carbocycles. The lowest BCUT2D eigenvalue weighted by molar-refractivity contribution is -0.890. The third-order valence-electron chi connectivity index (χ3n) is 4.24. The molecule has 0 fully saturated rings. The largest absolute Gasteiger partial charge is 0.346 e. The number of hydrogen-bond donors (Lipinski definition) is 2. The molecule has 6 nitrogen and oxygen atoms in total. The fourth-order valence-corrected chi connectivity index (χ4v) is 3.59. The van der Waals surface area contributed by atoms with Crippen LogP contribution in [0.1, 0.15) is 22.0 Å². The maximum atomic E-state index is 12.5. The average molecular weight is 377 g/mol. The van der Waals surface area contributed by atoms with Crippen molar-refractivity contribution >= 4 is 15.9 Å². The number of rotatable bonds is 7. The summed E-state index contributed by atoms with van der Waals surface area (Å²) >= 11 is 0. The Morgan fingerprint density at radius 1 is 1.08 bits per heavy atom. The van der Waals surface area contributed by atoms with Gasteiger partial charge in [-0.2, -0.15) is 0 Å². The summed E-state index contributed by atoms with van der Waals surface area (Å²) in [4.78, 5) is 13.8. The van der Waals surface area contributed by atoms with Crippen LogP contribution in [0.2, 0.25) is 0 Å². The normalized spacial score (nSPS) is 13.0. The molecule has 0 aliphatic heterocycles. The molecule has 140 valence electrons. The van der Waals surface area contributed by atoms with Gasteiger partial charge in [-0.05, 0) is 18.2 Å². The van der Waals surface area contributed by atoms with Crippen molar-refractivity contribution in [3.05, 3.63) is 65.7 Å². The lowest BCUT2D eigenvalue weighted by atomic mass is 10.1. The topological polar surface area (TPSA) is 70.9 Å². The summed E-state index contributed by atoms with van der Waals surface area (Å²) in [6, 6.07) is 16.2. The van der Waals surface area contributed by atoms with E-state index in [2.05, 4.69) is 5.32 Å². The standard InChI is InChI=1S/C19H25N3O3S/c1-21(2)18(15-9-6-5-7-10-15)14-20-19(23)16-11-8-12-17(13-16)26(24,25)22(3)4/h5-13,18H,14H2,1-4H3,(H,20,23)/p+1/t18-/m0/s1. The van der Waals surface area contributed by atoms with E-state index in [0.717, 1.165) is 9.87 Å². The fourth-order valence-electron chi connectivity index (χ4n) is 2.65. The third-order valence-corrected chi connectivity index (χ3v) is 6.05. The first-order valence-corrected chi connectivity index (χ1v) is 9.83. The molecule has 0 aromatic heterocycles. The Morgan fingerprint density at radius 2 is 1.73 bits per heavy atom. The lowest BCUT2D eigenvalue weighted by Gasteiger charge is -2.22. The monoisotopic (exact) mass is 376 g/mol. The summed E-state index contributed by atoms with van der Waals surface area (Å²) in [7, 11) is 3.43. The highest BCUT2D eigenvalue weighted by molar-refractivity contribution is 7.89. The van der Waals surface area contributed by atoms with Crippen LogP contribution in [0, 0.1) is 0 Å². The Hall–Kier alpha value is -2.22. The van der Waals surface area contributed by atoms with E-state index >= 15 is 0 Å². The van der Waals surface area contributed by atoms with E-state index in [1.807, 2.05) is 44.4 Å². The van der Waals surface area contributed by atoms with Crippen molar-refractivity contribution in [2.75, 3.05) is 34.7 Å². The zero-order valence-corrected chi connectivity index (χ0v) is 16.4. The Labute approximate surface area is 155 Å². The van der Waals surface area contributed by atoms with Gasteiger partial charge in [0.25, 0.3) is 5.91 Å². The molecule has 2 aromatic carbocycles. The van der Waals surface area contributed by atoms with Crippen LogP contribution < -0.4 is 10.2 Å². The fraction of sp³-hybridized carbons (Fsp3) is 0.316. The zero-order valence-electron chi connectivity index (χ0n) is 15.6. The maximum absolute atomic E-state index is 12.5. The van der Waals surface area contributed by atoms with E-state index in [1.165, 1.54) is 31.1 Å². The van der Waals surface area contributed by atoms with Gasteiger partial charge in [0.2, 0.25) is 10.0 Å². The molecule has 0 aliphatic rings. The Balaban J connectivity index is 2.15. The van der Waals surface area contributed by atoms with Gasteiger partial charge in [-0.1, -0.05) is 36.4 Å². The number of nitrogens with zero attached hydrogens (tertiary/aromatic N) is 1. The number of nitrogens with one attached hydrogen (secondary N) is 2. The van der Waals surface area contributed by atoms with Crippen molar-refractivity contribution in [3.8, 4) is 0 Å². The molecule has 0 radical (unpaired) electrons. The average Bonchev–Trinajstić information content (AvgIpc) is 2.62. The van der Waals surface area contributed by atoms with E-state index < -0.39 is 10.0 Å². The summed E-state index contributed by atoms with van der Waals surface area (Å²) in [6.07, 6.45) is 0. The predicted octanol–water partition coefficient (Wildman–Crippen LogP) is 0.553. The minimum atomic E-state index is -3.57. The van der Waals surface area contributed by atoms with Gasteiger partial charge in [0.15, 0.2) is 0 Å². The summed E-state index contributed by atoms with van der Waals surface area (Å²) in [5.74, 6) is -0.289. The second-order valence-electron chi connectivity index (χ2n) is 6.57. The van der Waals surface area contributed by atoms with Crippen molar-refractivity contribution in [1.29, 1.82) is 0 Å². The molecule has 2 rings (SSSR count). The molecular weight excluding hydrogens is 350 g/mol. The maximum Gasteiger partial charge on any atom is 0.251 e. The van der Waals surface area contributed by atoms with E-state index in [4.69, 9.17) is 0 Å². The zero-order chi connectivity index (χ0) is 19.3. The van der Waals surface area contributed by atoms with E-state index in [-0.39, 0.29) is 16.8 Å². The van der Waals surface area contributed by atoms with Crippen LogP contribution in [-0.2, 0) is 10.0 Å². The van der Waals surface area contributed by atoms with Crippen LogP contribution in [0.15, 0.2) is 59.5 Å². The minimum absolute atomic E-state index is 0.105. The molecule has 0 unspecified atom stereocenters. The van der Waals surface area contributed by atoms with Crippen LogP contribution in [-0.4, -0.2) is 53.4 Å². The van der Waals surface area contributed by atoms with Crippen LogP contribution in [0.25, 0.3) is 0 Å². The highest BCUT2D eigenvalue weighted by atomic mass is 32.2. The quantitative estimate of drug-likeness (QED) is 0.742. The predicted molar refractivity (Wildman–Crippen MR) is 102 cm³/mol. The van der Waals surface area contributed by atoms with E-state index in [9.17, 15) is 13.2 Å². The SMILES string of the molecule is CN(C)S(=O)(=O)c1cccc(C(=O)NC[C@@H](c2ccccc2)[NH+](C)C)c1. The van der Waals surface area contributed by atoms with Gasteiger partial charge < -0.3 is 10.2 Å². The molecular formula is C19H26N3O3S+. The molecule has 0 spiro atoms. The molecule has 7 heteroatoms. The van der Waals surface area contributed by atoms with Gasteiger partial charge in [0.05, 0.1) is 25.5 Å². The molecule has 1 atom stereocenters. The van der Waals surface area contributed by atoms with E-state index in [1.54, 1.807) is 12.1 Å². The van der Waals surface area contributed by atoms with Gasteiger partial charge >= 0.3 is 0 Å². The lowest BCUT2D eigenvalue weighted by Crippen LogP contribution is -3.07. The second-order valence-corrected chi connectivity index (χ2v) is 8.72. The third kappa shape index (κ3) is 4.69. The summed E-state index contributed by atoms with van der Waals surface area (Å²) in [5.41, 5.74) is 1.46. The first kappa shape index (κ1) is 20.1. The highest BCUT2D eigenvalue weighted by Gasteiger charge is 2.21. The summed E-state index contributed by atoms with van der Waals surface area (Å²) in [5, 5.41) is 2.92. The van der Waals surface area contributed by atoms with Crippen LogP contribution >= 0.6 is 0 Å². The van der Waals surface area contributed by atoms with Crippen molar-refractivity contribution in [1.82, 2.24) is 9.62 Å². The summed E-state index contributed by atoms with van der Waals surface area (Å²) < 4.78 is 25.6. The van der Waals surface area contributed by atoms with Crippen molar-refractivity contribution < 1.29 is 18.1 Å². The van der Waals surface area contributed by atoms with Gasteiger partial charge in [0.1, 0.15) is 6.04 Å². The number of likely N-dealkylation sites (N-methyl/N-ethyl adjacent to an activating group) is 1. The molecule has 1 amide bonds.